The second kappa shape index (κ2) is 5.62. The molecular weight excluding hydrogens is 296 g/mol. The third-order valence-electron chi connectivity index (χ3n) is 4.37. The molecule has 0 unspecified atom stereocenters. The van der Waals surface area contributed by atoms with E-state index in [1.54, 1.807) is 11.0 Å². The van der Waals surface area contributed by atoms with E-state index in [1.807, 2.05) is 31.2 Å². The van der Waals surface area contributed by atoms with Crippen LogP contribution in [0.15, 0.2) is 30.3 Å². The zero-order valence-electron chi connectivity index (χ0n) is 12.8. The lowest BCUT2D eigenvalue weighted by molar-refractivity contribution is -0.162. The number of fused-ring (bicyclic) bond motifs is 1. The van der Waals surface area contributed by atoms with Crippen molar-refractivity contribution in [1.82, 2.24) is 9.88 Å². The molecule has 0 bridgehead atoms. The van der Waals surface area contributed by atoms with E-state index in [-0.39, 0.29) is 31.8 Å². The van der Waals surface area contributed by atoms with Crippen molar-refractivity contribution in [1.29, 1.82) is 0 Å². The Hall–Kier alpha value is -2.47. The number of aromatic nitrogens is 1. The first-order valence-corrected chi connectivity index (χ1v) is 7.52. The van der Waals surface area contributed by atoms with Crippen LogP contribution < -0.4 is 0 Å². The third-order valence-corrected chi connectivity index (χ3v) is 4.37. The minimum absolute atomic E-state index is 0.0330. The van der Waals surface area contributed by atoms with Gasteiger partial charge in [0.05, 0.1) is 11.1 Å². The van der Waals surface area contributed by atoms with Crippen molar-refractivity contribution in [2.75, 3.05) is 13.1 Å². The molecule has 0 atom stereocenters. The Morgan fingerprint density at radius 2 is 1.87 bits per heavy atom. The molecule has 2 aromatic rings. The molecule has 0 aliphatic carbocycles. The van der Waals surface area contributed by atoms with Crippen LogP contribution in [0.25, 0.3) is 10.9 Å². The number of carboxylic acid groups (broad SMARTS) is 1. The van der Waals surface area contributed by atoms with Gasteiger partial charge in [0.1, 0.15) is 0 Å². The van der Waals surface area contributed by atoms with Gasteiger partial charge in [-0.3, -0.25) is 9.78 Å². The molecule has 1 aliphatic rings. The van der Waals surface area contributed by atoms with Gasteiger partial charge in [-0.25, -0.2) is 4.79 Å². The predicted octanol–water partition coefficient (Wildman–Crippen LogP) is 1.59. The van der Waals surface area contributed by atoms with Gasteiger partial charge >= 0.3 is 5.97 Å². The fraction of sp³-hybridized carbons (Fsp3) is 0.353. The lowest BCUT2D eigenvalue weighted by atomic mass is 9.91. The van der Waals surface area contributed by atoms with Crippen molar-refractivity contribution in [2.24, 2.45) is 0 Å². The second-order valence-corrected chi connectivity index (χ2v) is 5.96. The molecular formula is C17H18N2O4. The Kier molecular flexibility index (Phi) is 3.77. The summed E-state index contributed by atoms with van der Waals surface area (Å²) in [6, 6.07) is 9.26. The van der Waals surface area contributed by atoms with Gasteiger partial charge in [0, 0.05) is 37.0 Å². The fourth-order valence-corrected chi connectivity index (χ4v) is 2.88. The molecule has 6 nitrogen and oxygen atoms in total. The Labute approximate surface area is 133 Å². The average molecular weight is 314 g/mol. The van der Waals surface area contributed by atoms with Gasteiger partial charge in [-0.2, -0.15) is 0 Å². The highest BCUT2D eigenvalue weighted by atomic mass is 16.4. The lowest BCUT2D eigenvalue weighted by Crippen LogP contribution is -2.50. The molecule has 2 N–H and O–H groups in total. The van der Waals surface area contributed by atoms with Crippen LogP contribution in [-0.4, -0.2) is 50.7 Å². The van der Waals surface area contributed by atoms with Crippen LogP contribution in [0.3, 0.4) is 0 Å². The molecule has 1 saturated heterocycles. The maximum absolute atomic E-state index is 12.8. The van der Waals surface area contributed by atoms with Crippen LogP contribution in [0, 0.1) is 6.92 Å². The van der Waals surface area contributed by atoms with Crippen molar-refractivity contribution in [3.8, 4) is 0 Å². The SMILES string of the molecule is Cc1ccc2cccc(C(=O)N3CCC(O)(C(=O)O)CC3)c2n1. The number of likely N-dealkylation sites (tertiary alicyclic amines) is 1. The molecule has 1 aromatic heterocycles. The van der Waals surface area contributed by atoms with Crippen LogP contribution in [0.5, 0.6) is 0 Å². The van der Waals surface area contributed by atoms with Gasteiger partial charge in [-0.1, -0.05) is 18.2 Å². The topological polar surface area (TPSA) is 90.7 Å². The number of nitrogens with zero attached hydrogens (tertiary/aromatic N) is 2. The number of aliphatic hydroxyl groups is 1. The highest BCUT2D eigenvalue weighted by Gasteiger charge is 2.40. The summed E-state index contributed by atoms with van der Waals surface area (Å²) in [5, 5.41) is 19.9. The van der Waals surface area contributed by atoms with Crippen LogP contribution in [-0.2, 0) is 4.79 Å². The number of amides is 1. The van der Waals surface area contributed by atoms with Crippen molar-refractivity contribution in [3.05, 3.63) is 41.6 Å². The molecule has 3 rings (SSSR count). The lowest BCUT2D eigenvalue weighted by Gasteiger charge is -2.35. The highest BCUT2D eigenvalue weighted by molar-refractivity contribution is 6.05. The minimum atomic E-state index is -1.73. The number of piperidine rings is 1. The highest BCUT2D eigenvalue weighted by Crippen LogP contribution is 2.25. The van der Waals surface area contributed by atoms with E-state index >= 15 is 0 Å². The number of aliphatic carboxylic acids is 1. The molecule has 1 fully saturated rings. The van der Waals surface area contributed by atoms with E-state index in [2.05, 4.69) is 4.98 Å². The summed E-state index contributed by atoms with van der Waals surface area (Å²) in [4.78, 5) is 29.9. The van der Waals surface area contributed by atoms with E-state index in [1.165, 1.54) is 0 Å². The van der Waals surface area contributed by atoms with Crippen molar-refractivity contribution in [3.63, 3.8) is 0 Å². The van der Waals surface area contributed by atoms with Crippen LogP contribution >= 0.6 is 0 Å². The standard InChI is InChI=1S/C17H18N2O4/c1-11-5-6-12-3-2-4-13(14(12)18-11)15(20)19-9-7-17(23,8-10-19)16(21)22/h2-6,23H,7-10H2,1H3,(H,21,22). The summed E-state index contributed by atoms with van der Waals surface area (Å²) in [5.74, 6) is -1.41. The molecule has 1 aromatic carbocycles. The summed E-state index contributed by atoms with van der Waals surface area (Å²) < 4.78 is 0. The number of aryl methyl sites for hydroxylation is 1. The molecule has 6 heteroatoms. The number of hydrogen-bond acceptors (Lipinski definition) is 4. The zero-order valence-corrected chi connectivity index (χ0v) is 12.8. The Bertz CT molecular complexity index is 779. The molecule has 0 saturated carbocycles. The van der Waals surface area contributed by atoms with Crippen LogP contribution in [0.1, 0.15) is 28.9 Å². The summed E-state index contributed by atoms with van der Waals surface area (Å²) in [6.45, 7) is 2.29. The van der Waals surface area contributed by atoms with Gasteiger partial charge in [-0.15, -0.1) is 0 Å². The van der Waals surface area contributed by atoms with E-state index in [9.17, 15) is 14.7 Å². The predicted molar refractivity (Wildman–Crippen MR) is 84.2 cm³/mol. The molecule has 120 valence electrons. The maximum atomic E-state index is 12.8. The molecule has 0 spiro atoms. The second-order valence-electron chi connectivity index (χ2n) is 5.96. The number of benzene rings is 1. The van der Waals surface area contributed by atoms with E-state index in [0.29, 0.717) is 11.1 Å². The van der Waals surface area contributed by atoms with Crippen LogP contribution in [0.2, 0.25) is 0 Å². The van der Waals surface area contributed by atoms with Gasteiger partial charge in [0.2, 0.25) is 0 Å². The monoisotopic (exact) mass is 314 g/mol. The Morgan fingerprint density at radius 3 is 2.52 bits per heavy atom. The number of para-hydroxylation sites is 1. The maximum Gasteiger partial charge on any atom is 0.335 e. The number of hydrogen-bond donors (Lipinski definition) is 2. The van der Waals surface area contributed by atoms with Crippen molar-refractivity contribution in [2.45, 2.75) is 25.4 Å². The van der Waals surface area contributed by atoms with Crippen molar-refractivity contribution < 1.29 is 19.8 Å². The number of pyridine rings is 1. The summed E-state index contributed by atoms with van der Waals surface area (Å²) in [6.07, 6.45) is 0.0661. The molecule has 23 heavy (non-hydrogen) atoms. The van der Waals surface area contributed by atoms with E-state index in [0.717, 1.165) is 11.1 Å². The smallest absolute Gasteiger partial charge is 0.335 e. The third kappa shape index (κ3) is 2.77. The molecule has 1 amide bonds. The average Bonchev–Trinajstić information content (AvgIpc) is 2.54. The number of carbonyl (C=O) groups excluding carboxylic acids is 1. The first-order valence-electron chi connectivity index (χ1n) is 7.52. The quantitative estimate of drug-likeness (QED) is 0.878. The summed E-state index contributed by atoms with van der Waals surface area (Å²) in [7, 11) is 0. The summed E-state index contributed by atoms with van der Waals surface area (Å²) >= 11 is 0. The first kappa shape index (κ1) is 15.4. The molecule has 2 heterocycles. The largest absolute Gasteiger partial charge is 0.479 e. The van der Waals surface area contributed by atoms with Crippen molar-refractivity contribution >= 4 is 22.8 Å². The fourth-order valence-electron chi connectivity index (χ4n) is 2.88. The van der Waals surface area contributed by atoms with E-state index < -0.39 is 11.6 Å². The Morgan fingerprint density at radius 1 is 1.17 bits per heavy atom. The first-order chi connectivity index (χ1) is 10.9. The summed E-state index contributed by atoms with van der Waals surface area (Å²) in [5.41, 5.74) is 0.255. The number of carboxylic acids is 1. The molecule has 1 aliphatic heterocycles. The van der Waals surface area contributed by atoms with Gasteiger partial charge in [0.15, 0.2) is 5.60 Å². The van der Waals surface area contributed by atoms with Gasteiger partial charge in [-0.05, 0) is 19.1 Å². The van der Waals surface area contributed by atoms with E-state index in [4.69, 9.17) is 5.11 Å². The van der Waals surface area contributed by atoms with Crippen LogP contribution in [0.4, 0.5) is 0 Å². The number of rotatable bonds is 2. The number of carbonyl (C=O) groups is 2. The normalized spacial score (nSPS) is 17.2. The van der Waals surface area contributed by atoms with Gasteiger partial charge in [0.25, 0.3) is 5.91 Å². The Balaban J connectivity index is 1.88. The molecule has 0 radical (unpaired) electrons. The zero-order chi connectivity index (χ0) is 16.6. The minimum Gasteiger partial charge on any atom is -0.479 e. The van der Waals surface area contributed by atoms with Gasteiger partial charge < -0.3 is 15.1 Å².